The highest BCUT2D eigenvalue weighted by Gasteiger charge is 2.26. The van der Waals surface area contributed by atoms with Crippen LogP contribution >= 0.6 is 11.6 Å². The van der Waals surface area contributed by atoms with E-state index in [0.717, 1.165) is 28.7 Å². The van der Waals surface area contributed by atoms with Crippen LogP contribution in [0.3, 0.4) is 0 Å². The molecule has 0 atom stereocenters. The van der Waals surface area contributed by atoms with Crippen LogP contribution in [0.2, 0.25) is 5.02 Å². The number of hydrogen-bond acceptors (Lipinski definition) is 2. The van der Waals surface area contributed by atoms with Gasteiger partial charge in [-0.25, -0.2) is 9.78 Å². The molecule has 0 saturated carbocycles. The van der Waals surface area contributed by atoms with Gasteiger partial charge in [0.2, 0.25) is 0 Å². The molecule has 1 N–H and O–H groups in total. The first-order valence-electron chi connectivity index (χ1n) is 7.43. The lowest BCUT2D eigenvalue weighted by molar-refractivity contribution is 0.257. The minimum atomic E-state index is -0.186. The highest BCUT2D eigenvalue weighted by atomic mass is 35.5. The van der Waals surface area contributed by atoms with E-state index in [1.807, 2.05) is 36.4 Å². The number of fused-ring (bicyclic) bond motifs is 2. The van der Waals surface area contributed by atoms with Crippen LogP contribution in [0.25, 0.3) is 10.9 Å². The van der Waals surface area contributed by atoms with Gasteiger partial charge in [-0.2, -0.15) is 0 Å². The summed E-state index contributed by atoms with van der Waals surface area (Å²) in [6, 6.07) is 17.0. The van der Waals surface area contributed by atoms with Crippen molar-refractivity contribution in [3.05, 3.63) is 65.2 Å². The number of carbonyl (C=O) groups is 1. The molecule has 0 aliphatic carbocycles. The number of anilines is 2. The molecule has 4 rings (SSSR count). The number of carbonyl (C=O) groups excluding carboxylic acids is 1. The monoisotopic (exact) mass is 323 g/mol. The smallest absolute Gasteiger partial charge is 0.307 e. The normalized spacial score (nSPS) is 13.2. The van der Waals surface area contributed by atoms with Crippen molar-refractivity contribution in [3.63, 3.8) is 0 Å². The first kappa shape index (κ1) is 14.0. The summed E-state index contributed by atoms with van der Waals surface area (Å²) in [7, 11) is 0. The quantitative estimate of drug-likeness (QED) is 0.717. The Hall–Kier alpha value is -2.59. The van der Waals surface area contributed by atoms with E-state index in [1.54, 1.807) is 17.0 Å². The summed E-state index contributed by atoms with van der Waals surface area (Å²) in [5.74, 6) is 0.739. The Morgan fingerprint density at radius 3 is 2.87 bits per heavy atom. The van der Waals surface area contributed by atoms with Gasteiger partial charge in [0.05, 0.1) is 5.52 Å². The minimum Gasteiger partial charge on any atom is -0.307 e. The average Bonchev–Trinajstić information content (AvgIpc) is 2.95. The van der Waals surface area contributed by atoms with Crippen molar-refractivity contribution >= 4 is 40.0 Å². The number of benzene rings is 2. The second-order valence-corrected chi connectivity index (χ2v) is 5.94. The zero-order valence-electron chi connectivity index (χ0n) is 12.3. The second-order valence-electron chi connectivity index (χ2n) is 5.51. The molecule has 114 valence electrons. The number of para-hydroxylation sites is 1. The molecular weight excluding hydrogens is 310 g/mol. The molecule has 0 radical (unpaired) electrons. The molecule has 2 amide bonds. The van der Waals surface area contributed by atoms with Gasteiger partial charge in [0.25, 0.3) is 0 Å². The molecule has 1 aliphatic heterocycles. The molecule has 0 unspecified atom stereocenters. The van der Waals surface area contributed by atoms with Crippen LogP contribution in [-0.4, -0.2) is 17.6 Å². The molecule has 5 heteroatoms. The molecule has 3 aromatic rings. The SMILES string of the molecule is O=C(Nc1cccc(Cl)c1)N1CCc2cc3ccccc3nc21. The predicted octanol–water partition coefficient (Wildman–Crippen LogP) is 4.48. The van der Waals surface area contributed by atoms with E-state index in [-0.39, 0.29) is 6.03 Å². The zero-order chi connectivity index (χ0) is 15.8. The van der Waals surface area contributed by atoms with Gasteiger partial charge in [0.15, 0.2) is 0 Å². The fraction of sp³-hybridized carbons (Fsp3) is 0.111. The Labute approximate surface area is 138 Å². The van der Waals surface area contributed by atoms with Crippen LogP contribution in [0.5, 0.6) is 0 Å². The summed E-state index contributed by atoms with van der Waals surface area (Å²) in [6.45, 7) is 0.630. The van der Waals surface area contributed by atoms with Crippen LogP contribution < -0.4 is 10.2 Å². The second kappa shape index (κ2) is 5.56. The van der Waals surface area contributed by atoms with E-state index in [0.29, 0.717) is 17.3 Å². The highest BCUT2D eigenvalue weighted by Crippen LogP contribution is 2.30. The molecule has 0 saturated heterocycles. The van der Waals surface area contributed by atoms with Gasteiger partial charge in [-0.3, -0.25) is 4.90 Å². The van der Waals surface area contributed by atoms with Crippen LogP contribution in [0, 0.1) is 0 Å². The Bertz CT molecular complexity index is 910. The highest BCUT2D eigenvalue weighted by molar-refractivity contribution is 6.30. The maximum atomic E-state index is 12.6. The summed E-state index contributed by atoms with van der Waals surface area (Å²) < 4.78 is 0. The third kappa shape index (κ3) is 2.62. The molecule has 2 heterocycles. The van der Waals surface area contributed by atoms with Crippen molar-refractivity contribution in [2.75, 3.05) is 16.8 Å². The summed E-state index contributed by atoms with van der Waals surface area (Å²) in [6.07, 6.45) is 0.816. The number of aromatic nitrogens is 1. The number of nitrogens with zero attached hydrogens (tertiary/aromatic N) is 2. The van der Waals surface area contributed by atoms with Gasteiger partial charge in [0.1, 0.15) is 5.82 Å². The van der Waals surface area contributed by atoms with Gasteiger partial charge < -0.3 is 5.32 Å². The average molecular weight is 324 g/mol. The number of hydrogen-bond donors (Lipinski definition) is 1. The fourth-order valence-electron chi connectivity index (χ4n) is 2.86. The molecule has 0 fully saturated rings. The first-order valence-corrected chi connectivity index (χ1v) is 7.81. The lowest BCUT2D eigenvalue weighted by Gasteiger charge is -2.17. The molecule has 0 bridgehead atoms. The molecule has 1 aromatic heterocycles. The first-order chi connectivity index (χ1) is 11.2. The predicted molar refractivity (Wildman–Crippen MR) is 93.3 cm³/mol. The van der Waals surface area contributed by atoms with Gasteiger partial charge in [0, 0.05) is 22.6 Å². The van der Waals surface area contributed by atoms with Crippen molar-refractivity contribution in [1.29, 1.82) is 0 Å². The number of nitrogens with one attached hydrogen (secondary N) is 1. The summed E-state index contributed by atoms with van der Waals surface area (Å²) in [5, 5.41) is 4.57. The van der Waals surface area contributed by atoms with Crippen LogP contribution in [-0.2, 0) is 6.42 Å². The number of halogens is 1. The molecule has 23 heavy (non-hydrogen) atoms. The van der Waals surface area contributed by atoms with E-state index in [1.165, 1.54) is 0 Å². The van der Waals surface area contributed by atoms with Crippen molar-refractivity contribution in [2.24, 2.45) is 0 Å². The van der Waals surface area contributed by atoms with Gasteiger partial charge in [-0.05, 0) is 42.3 Å². The summed E-state index contributed by atoms with van der Waals surface area (Å²) in [4.78, 5) is 18.9. The summed E-state index contributed by atoms with van der Waals surface area (Å²) in [5.41, 5.74) is 2.68. The topological polar surface area (TPSA) is 45.2 Å². The van der Waals surface area contributed by atoms with Crippen molar-refractivity contribution in [1.82, 2.24) is 4.98 Å². The lowest BCUT2D eigenvalue weighted by atomic mass is 10.1. The largest absolute Gasteiger partial charge is 0.327 e. The molecule has 2 aromatic carbocycles. The van der Waals surface area contributed by atoms with Crippen LogP contribution in [0.4, 0.5) is 16.3 Å². The third-order valence-corrected chi connectivity index (χ3v) is 4.20. The summed E-state index contributed by atoms with van der Waals surface area (Å²) >= 11 is 5.96. The zero-order valence-corrected chi connectivity index (χ0v) is 13.0. The molecule has 4 nitrogen and oxygen atoms in total. The van der Waals surface area contributed by atoms with Gasteiger partial charge >= 0.3 is 6.03 Å². The molecule has 0 spiro atoms. The maximum absolute atomic E-state index is 12.6. The van der Waals surface area contributed by atoms with E-state index < -0.39 is 0 Å². The van der Waals surface area contributed by atoms with E-state index in [9.17, 15) is 4.79 Å². The standard InChI is InChI=1S/C18H14ClN3O/c19-14-5-3-6-15(11-14)20-18(23)22-9-8-13-10-12-4-1-2-7-16(12)21-17(13)22/h1-7,10-11H,8-9H2,(H,20,23). The Morgan fingerprint density at radius 2 is 2.00 bits per heavy atom. The van der Waals surface area contributed by atoms with E-state index in [2.05, 4.69) is 16.4 Å². The van der Waals surface area contributed by atoms with Crippen molar-refractivity contribution < 1.29 is 4.79 Å². The van der Waals surface area contributed by atoms with Crippen LogP contribution in [0.15, 0.2) is 54.6 Å². The van der Waals surface area contributed by atoms with E-state index in [4.69, 9.17) is 11.6 Å². The van der Waals surface area contributed by atoms with Gasteiger partial charge in [-0.15, -0.1) is 0 Å². The maximum Gasteiger partial charge on any atom is 0.327 e. The number of rotatable bonds is 1. The molecular formula is C18H14ClN3O. The Kier molecular flexibility index (Phi) is 3.39. The van der Waals surface area contributed by atoms with Crippen molar-refractivity contribution in [3.8, 4) is 0 Å². The number of pyridine rings is 1. The molecule has 1 aliphatic rings. The van der Waals surface area contributed by atoms with Crippen molar-refractivity contribution in [2.45, 2.75) is 6.42 Å². The Balaban J connectivity index is 1.65. The van der Waals surface area contributed by atoms with E-state index >= 15 is 0 Å². The number of amides is 2. The minimum absolute atomic E-state index is 0.186. The van der Waals surface area contributed by atoms with Gasteiger partial charge in [-0.1, -0.05) is 35.9 Å². The lowest BCUT2D eigenvalue weighted by Crippen LogP contribution is -2.33. The number of urea groups is 1. The third-order valence-electron chi connectivity index (χ3n) is 3.96. The Morgan fingerprint density at radius 1 is 1.13 bits per heavy atom. The fourth-order valence-corrected chi connectivity index (χ4v) is 3.05. The van der Waals surface area contributed by atoms with Crippen LogP contribution in [0.1, 0.15) is 5.56 Å².